The third-order valence-corrected chi connectivity index (χ3v) is 5.47. The van der Waals surface area contributed by atoms with E-state index >= 15 is 0 Å². The molecular formula is C22H26F2O. The Balaban J connectivity index is 1.86. The Morgan fingerprint density at radius 2 is 1.72 bits per heavy atom. The van der Waals surface area contributed by atoms with Crippen molar-refractivity contribution in [1.82, 2.24) is 0 Å². The molecule has 0 saturated heterocycles. The lowest BCUT2D eigenvalue weighted by atomic mass is 9.77. The maximum absolute atomic E-state index is 13.7. The highest BCUT2D eigenvalue weighted by Gasteiger charge is 2.23. The van der Waals surface area contributed by atoms with Crippen LogP contribution in [0.4, 0.5) is 8.78 Å². The summed E-state index contributed by atoms with van der Waals surface area (Å²) < 4.78 is 32.4. The van der Waals surface area contributed by atoms with Crippen LogP contribution in [0.5, 0.6) is 5.75 Å². The Bertz CT molecular complexity index is 718. The maximum Gasteiger partial charge on any atom is 0.159 e. The van der Waals surface area contributed by atoms with Crippen molar-refractivity contribution in [3.63, 3.8) is 0 Å². The predicted molar refractivity (Wildman–Crippen MR) is 98.0 cm³/mol. The van der Waals surface area contributed by atoms with E-state index in [2.05, 4.69) is 19.1 Å². The van der Waals surface area contributed by atoms with Crippen LogP contribution < -0.4 is 4.74 Å². The smallest absolute Gasteiger partial charge is 0.159 e. The maximum atomic E-state index is 13.7. The average Bonchev–Trinajstić information content (AvgIpc) is 2.64. The van der Waals surface area contributed by atoms with Gasteiger partial charge in [-0.05, 0) is 72.9 Å². The molecule has 0 aliphatic heterocycles. The summed E-state index contributed by atoms with van der Waals surface area (Å²) >= 11 is 0. The molecule has 0 unspecified atom stereocenters. The van der Waals surface area contributed by atoms with Gasteiger partial charge in [-0.1, -0.05) is 31.9 Å². The lowest BCUT2D eigenvalue weighted by Crippen LogP contribution is -2.13. The highest BCUT2D eigenvalue weighted by atomic mass is 19.2. The van der Waals surface area contributed by atoms with Crippen LogP contribution in [0.25, 0.3) is 11.1 Å². The van der Waals surface area contributed by atoms with Crippen molar-refractivity contribution in [2.24, 2.45) is 5.92 Å². The van der Waals surface area contributed by atoms with E-state index in [9.17, 15) is 8.78 Å². The summed E-state index contributed by atoms with van der Waals surface area (Å²) in [6.45, 7) is 2.25. The monoisotopic (exact) mass is 344 g/mol. The van der Waals surface area contributed by atoms with Gasteiger partial charge in [-0.25, -0.2) is 8.78 Å². The molecule has 1 aliphatic carbocycles. The fourth-order valence-electron chi connectivity index (χ4n) is 4.06. The van der Waals surface area contributed by atoms with Crippen molar-refractivity contribution in [2.45, 2.75) is 51.4 Å². The van der Waals surface area contributed by atoms with Gasteiger partial charge in [0.05, 0.1) is 7.11 Å². The summed E-state index contributed by atoms with van der Waals surface area (Å²) in [6, 6.07) is 10.2. The minimum atomic E-state index is -0.829. The number of benzene rings is 2. The van der Waals surface area contributed by atoms with Gasteiger partial charge in [-0.15, -0.1) is 0 Å². The lowest BCUT2D eigenvalue weighted by molar-refractivity contribution is 0.308. The van der Waals surface area contributed by atoms with Crippen LogP contribution in [0.1, 0.15) is 56.9 Å². The van der Waals surface area contributed by atoms with Crippen LogP contribution in [0.2, 0.25) is 0 Å². The molecule has 0 amide bonds. The molecular weight excluding hydrogens is 318 g/mol. The minimum absolute atomic E-state index is 0.544. The largest absolute Gasteiger partial charge is 0.496 e. The standard InChI is InChI=1S/C22H26F2O/c1-3-4-15-5-7-16(8-6-15)17-10-12-22(25-2)19(13-17)18-9-11-20(23)21(24)14-18/h9-16H,3-8H2,1-2H3. The molecule has 1 aliphatic rings. The summed E-state index contributed by atoms with van der Waals surface area (Å²) in [7, 11) is 1.61. The second-order valence-electron chi connectivity index (χ2n) is 7.09. The van der Waals surface area contributed by atoms with Crippen LogP contribution in [0.3, 0.4) is 0 Å². The zero-order chi connectivity index (χ0) is 17.8. The molecule has 0 spiro atoms. The van der Waals surface area contributed by atoms with Crippen molar-refractivity contribution in [2.75, 3.05) is 7.11 Å². The van der Waals surface area contributed by atoms with Crippen LogP contribution in [0, 0.1) is 17.6 Å². The Hall–Kier alpha value is -1.90. The number of ether oxygens (including phenoxy) is 1. The van der Waals surface area contributed by atoms with Crippen molar-refractivity contribution >= 4 is 0 Å². The SMILES string of the molecule is CCCC1CCC(c2ccc(OC)c(-c3ccc(F)c(F)c3)c2)CC1. The molecule has 25 heavy (non-hydrogen) atoms. The van der Waals surface area contributed by atoms with Crippen molar-refractivity contribution in [3.8, 4) is 16.9 Å². The van der Waals surface area contributed by atoms with E-state index in [0.29, 0.717) is 17.2 Å². The van der Waals surface area contributed by atoms with Gasteiger partial charge in [0.2, 0.25) is 0 Å². The second kappa shape index (κ2) is 7.99. The summed E-state index contributed by atoms with van der Waals surface area (Å²) in [5.74, 6) is 0.445. The number of methoxy groups -OCH3 is 1. The Morgan fingerprint density at radius 1 is 0.960 bits per heavy atom. The topological polar surface area (TPSA) is 9.23 Å². The van der Waals surface area contributed by atoms with E-state index < -0.39 is 11.6 Å². The first kappa shape index (κ1) is 17.9. The zero-order valence-electron chi connectivity index (χ0n) is 15.0. The van der Waals surface area contributed by atoms with Crippen molar-refractivity contribution in [3.05, 3.63) is 53.6 Å². The number of hydrogen-bond donors (Lipinski definition) is 0. The van der Waals surface area contributed by atoms with Crippen molar-refractivity contribution in [1.29, 1.82) is 0 Å². The first-order chi connectivity index (χ1) is 12.1. The fourth-order valence-corrected chi connectivity index (χ4v) is 4.06. The second-order valence-corrected chi connectivity index (χ2v) is 7.09. The molecule has 0 N–H and O–H groups in total. The Labute approximate surface area is 149 Å². The molecule has 0 bridgehead atoms. The molecule has 0 atom stereocenters. The van der Waals surface area contributed by atoms with E-state index in [0.717, 1.165) is 11.5 Å². The van der Waals surface area contributed by atoms with Crippen LogP contribution in [-0.4, -0.2) is 7.11 Å². The average molecular weight is 344 g/mol. The van der Waals surface area contributed by atoms with Gasteiger partial charge < -0.3 is 4.74 Å². The summed E-state index contributed by atoms with van der Waals surface area (Å²) in [6.07, 6.45) is 7.56. The van der Waals surface area contributed by atoms with Crippen molar-refractivity contribution < 1.29 is 13.5 Å². The highest BCUT2D eigenvalue weighted by molar-refractivity contribution is 5.71. The zero-order valence-corrected chi connectivity index (χ0v) is 15.0. The van der Waals surface area contributed by atoms with Gasteiger partial charge >= 0.3 is 0 Å². The van der Waals surface area contributed by atoms with Gasteiger partial charge in [-0.3, -0.25) is 0 Å². The Morgan fingerprint density at radius 3 is 2.36 bits per heavy atom. The minimum Gasteiger partial charge on any atom is -0.496 e. The molecule has 0 aromatic heterocycles. The fraction of sp³-hybridized carbons (Fsp3) is 0.455. The van der Waals surface area contributed by atoms with Gasteiger partial charge in [0.1, 0.15) is 5.75 Å². The first-order valence-corrected chi connectivity index (χ1v) is 9.25. The van der Waals surface area contributed by atoms with Crippen LogP contribution >= 0.6 is 0 Å². The molecule has 2 aromatic rings. The normalized spacial score (nSPS) is 20.5. The third-order valence-electron chi connectivity index (χ3n) is 5.47. The van der Waals surface area contributed by atoms with E-state index in [1.54, 1.807) is 13.2 Å². The van der Waals surface area contributed by atoms with Crippen LogP contribution in [0.15, 0.2) is 36.4 Å². The Kier molecular flexibility index (Phi) is 5.72. The molecule has 0 heterocycles. The van der Waals surface area contributed by atoms with Gasteiger partial charge in [0.25, 0.3) is 0 Å². The molecule has 2 aromatic carbocycles. The number of hydrogen-bond acceptors (Lipinski definition) is 1. The van der Waals surface area contributed by atoms with Gasteiger partial charge in [-0.2, -0.15) is 0 Å². The number of rotatable bonds is 5. The van der Waals surface area contributed by atoms with E-state index in [1.165, 1.54) is 56.2 Å². The molecule has 134 valence electrons. The molecule has 0 radical (unpaired) electrons. The summed E-state index contributed by atoms with van der Waals surface area (Å²) in [4.78, 5) is 0. The van der Waals surface area contributed by atoms with E-state index in [1.807, 2.05) is 6.07 Å². The molecule has 3 heteroatoms. The summed E-state index contributed by atoms with van der Waals surface area (Å²) in [5.41, 5.74) is 2.75. The highest BCUT2D eigenvalue weighted by Crippen LogP contribution is 2.40. The molecule has 1 saturated carbocycles. The quantitative estimate of drug-likeness (QED) is 0.585. The van der Waals surface area contributed by atoms with Gasteiger partial charge in [0.15, 0.2) is 11.6 Å². The van der Waals surface area contributed by atoms with Gasteiger partial charge in [0, 0.05) is 5.56 Å². The molecule has 1 fully saturated rings. The lowest BCUT2D eigenvalue weighted by Gasteiger charge is -2.29. The van der Waals surface area contributed by atoms with E-state index in [4.69, 9.17) is 4.74 Å². The first-order valence-electron chi connectivity index (χ1n) is 9.25. The third kappa shape index (κ3) is 4.02. The predicted octanol–water partition coefficient (Wildman–Crippen LogP) is 6.71. The van der Waals surface area contributed by atoms with E-state index in [-0.39, 0.29) is 0 Å². The molecule has 1 nitrogen and oxygen atoms in total. The number of halogens is 2. The summed E-state index contributed by atoms with van der Waals surface area (Å²) in [5, 5.41) is 0. The van der Waals surface area contributed by atoms with Crippen LogP contribution in [-0.2, 0) is 0 Å². The molecule has 3 rings (SSSR count).